The van der Waals surface area contributed by atoms with E-state index in [1.54, 1.807) is 12.0 Å². The van der Waals surface area contributed by atoms with E-state index in [2.05, 4.69) is 5.32 Å². The summed E-state index contributed by atoms with van der Waals surface area (Å²) in [5, 5.41) is 2.83. The zero-order valence-electron chi connectivity index (χ0n) is 13.2. The molecule has 0 bridgehead atoms. The molecule has 0 spiro atoms. The van der Waals surface area contributed by atoms with Crippen molar-refractivity contribution in [1.82, 2.24) is 10.2 Å². The molecule has 0 aliphatic heterocycles. The van der Waals surface area contributed by atoms with Gasteiger partial charge in [-0.2, -0.15) is 0 Å². The number of nitrogens with zero attached hydrogens (tertiary/aromatic N) is 1. The molecule has 0 fully saturated rings. The van der Waals surface area contributed by atoms with Crippen LogP contribution in [0.5, 0.6) is 0 Å². The van der Waals surface area contributed by atoms with Crippen LogP contribution in [0.25, 0.3) is 0 Å². The molecule has 2 amide bonds. The Bertz CT molecular complexity index is 500. The fourth-order valence-electron chi connectivity index (χ4n) is 1.92. The van der Waals surface area contributed by atoms with Crippen molar-refractivity contribution in [3.8, 4) is 0 Å². The molecule has 1 aromatic rings. The van der Waals surface area contributed by atoms with Crippen LogP contribution in [0.4, 0.5) is 0 Å². The Morgan fingerprint density at radius 2 is 1.90 bits per heavy atom. The van der Waals surface area contributed by atoms with Crippen LogP contribution in [0.1, 0.15) is 28.4 Å². The Hall–Kier alpha value is -1.88. The van der Waals surface area contributed by atoms with E-state index in [1.807, 2.05) is 32.0 Å². The molecule has 0 aliphatic carbocycles. The van der Waals surface area contributed by atoms with Crippen molar-refractivity contribution < 1.29 is 14.3 Å². The molecule has 0 atom stereocenters. The van der Waals surface area contributed by atoms with Crippen molar-refractivity contribution in [3.05, 3.63) is 34.9 Å². The Kier molecular flexibility index (Phi) is 6.88. The number of carbonyl (C=O) groups excluding carboxylic acids is 2. The molecule has 21 heavy (non-hydrogen) atoms. The normalized spacial score (nSPS) is 10.3. The van der Waals surface area contributed by atoms with Gasteiger partial charge in [-0.1, -0.05) is 6.07 Å². The summed E-state index contributed by atoms with van der Waals surface area (Å²) < 4.78 is 4.96. The van der Waals surface area contributed by atoms with E-state index in [0.29, 0.717) is 31.8 Å². The van der Waals surface area contributed by atoms with E-state index in [9.17, 15) is 9.59 Å². The van der Waals surface area contributed by atoms with Gasteiger partial charge in [0.25, 0.3) is 5.91 Å². The third-order valence-corrected chi connectivity index (χ3v) is 3.45. The molecule has 1 aromatic carbocycles. The van der Waals surface area contributed by atoms with Crippen LogP contribution in [-0.4, -0.2) is 50.1 Å². The van der Waals surface area contributed by atoms with Crippen molar-refractivity contribution in [2.24, 2.45) is 0 Å². The van der Waals surface area contributed by atoms with Gasteiger partial charge in [-0.15, -0.1) is 0 Å². The summed E-state index contributed by atoms with van der Waals surface area (Å²) in [5.74, 6) is -0.138. The number of methoxy groups -OCH3 is 1. The standard InChI is InChI=1S/C16H24N2O3/c1-12-5-6-15(11-13(12)2)16(20)17-7-8-18(14(3)19)9-10-21-4/h5-6,11H,7-10H2,1-4H3,(H,17,20). The molecule has 0 saturated carbocycles. The number of amides is 2. The van der Waals surface area contributed by atoms with E-state index in [4.69, 9.17) is 4.74 Å². The minimum absolute atomic E-state index is 0.0209. The van der Waals surface area contributed by atoms with Gasteiger partial charge in [-0.3, -0.25) is 9.59 Å². The topological polar surface area (TPSA) is 58.6 Å². The number of hydrogen-bond donors (Lipinski definition) is 1. The maximum Gasteiger partial charge on any atom is 0.251 e. The average molecular weight is 292 g/mol. The van der Waals surface area contributed by atoms with Crippen LogP contribution in [-0.2, 0) is 9.53 Å². The molecule has 5 heteroatoms. The predicted octanol–water partition coefficient (Wildman–Crippen LogP) is 1.53. The van der Waals surface area contributed by atoms with Gasteiger partial charge in [0.15, 0.2) is 0 Å². The smallest absolute Gasteiger partial charge is 0.251 e. The van der Waals surface area contributed by atoms with Gasteiger partial charge in [0.2, 0.25) is 5.91 Å². The molecule has 116 valence electrons. The van der Waals surface area contributed by atoms with Gasteiger partial charge < -0.3 is 15.0 Å². The predicted molar refractivity (Wildman–Crippen MR) is 82.4 cm³/mol. The Morgan fingerprint density at radius 1 is 1.19 bits per heavy atom. The second-order valence-electron chi connectivity index (χ2n) is 5.05. The summed E-state index contributed by atoms with van der Waals surface area (Å²) in [6.07, 6.45) is 0. The molecule has 0 aliphatic rings. The first-order chi connectivity index (χ1) is 9.95. The highest BCUT2D eigenvalue weighted by Crippen LogP contribution is 2.09. The van der Waals surface area contributed by atoms with Crippen LogP contribution in [0.3, 0.4) is 0 Å². The average Bonchev–Trinajstić information content (AvgIpc) is 2.44. The van der Waals surface area contributed by atoms with Crippen LogP contribution in [0, 0.1) is 13.8 Å². The summed E-state index contributed by atoms with van der Waals surface area (Å²) in [7, 11) is 1.60. The van der Waals surface area contributed by atoms with Crippen molar-refractivity contribution in [1.29, 1.82) is 0 Å². The zero-order valence-corrected chi connectivity index (χ0v) is 13.2. The van der Waals surface area contributed by atoms with E-state index in [1.165, 1.54) is 6.92 Å². The minimum atomic E-state index is -0.117. The van der Waals surface area contributed by atoms with Crippen molar-refractivity contribution in [2.45, 2.75) is 20.8 Å². The van der Waals surface area contributed by atoms with Gasteiger partial charge in [-0.05, 0) is 37.1 Å². The van der Waals surface area contributed by atoms with E-state index < -0.39 is 0 Å². The van der Waals surface area contributed by atoms with Crippen LogP contribution in [0.2, 0.25) is 0 Å². The molecule has 1 rings (SSSR count). The molecule has 0 saturated heterocycles. The van der Waals surface area contributed by atoms with Crippen LogP contribution < -0.4 is 5.32 Å². The Morgan fingerprint density at radius 3 is 2.48 bits per heavy atom. The lowest BCUT2D eigenvalue weighted by Crippen LogP contribution is -2.39. The molecule has 0 aromatic heterocycles. The van der Waals surface area contributed by atoms with Crippen molar-refractivity contribution in [2.75, 3.05) is 33.4 Å². The first-order valence-corrected chi connectivity index (χ1v) is 7.05. The number of aryl methyl sites for hydroxylation is 2. The number of rotatable bonds is 7. The molecule has 0 unspecified atom stereocenters. The second kappa shape index (κ2) is 8.42. The molecule has 5 nitrogen and oxygen atoms in total. The highest BCUT2D eigenvalue weighted by atomic mass is 16.5. The van der Waals surface area contributed by atoms with Crippen molar-refractivity contribution in [3.63, 3.8) is 0 Å². The molecule has 0 heterocycles. The van der Waals surface area contributed by atoms with Gasteiger partial charge in [0.05, 0.1) is 6.61 Å². The minimum Gasteiger partial charge on any atom is -0.383 e. The summed E-state index contributed by atoms with van der Waals surface area (Å²) in [6, 6.07) is 5.62. The van der Waals surface area contributed by atoms with Crippen LogP contribution >= 0.6 is 0 Å². The van der Waals surface area contributed by atoms with Gasteiger partial charge >= 0.3 is 0 Å². The third kappa shape index (κ3) is 5.55. The maximum atomic E-state index is 12.0. The lowest BCUT2D eigenvalue weighted by molar-refractivity contribution is -0.129. The molecule has 1 N–H and O–H groups in total. The first kappa shape index (κ1) is 17.2. The quantitative estimate of drug-likeness (QED) is 0.829. The van der Waals surface area contributed by atoms with Crippen LogP contribution in [0.15, 0.2) is 18.2 Å². The van der Waals surface area contributed by atoms with E-state index in [-0.39, 0.29) is 11.8 Å². The summed E-state index contributed by atoms with van der Waals surface area (Å²) in [4.78, 5) is 25.1. The van der Waals surface area contributed by atoms with E-state index in [0.717, 1.165) is 11.1 Å². The van der Waals surface area contributed by atoms with Crippen molar-refractivity contribution >= 4 is 11.8 Å². The fraction of sp³-hybridized carbons (Fsp3) is 0.500. The second-order valence-corrected chi connectivity index (χ2v) is 5.05. The Labute approximate surface area is 126 Å². The molecule has 0 radical (unpaired) electrons. The monoisotopic (exact) mass is 292 g/mol. The summed E-state index contributed by atoms with van der Waals surface area (Å²) >= 11 is 0. The van der Waals surface area contributed by atoms with Gasteiger partial charge in [0, 0.05) is 39.2 Å². The highest BCUT2D eigenvalue weighted by Gasteiger charge is 2.10. The third-order valence-electron chi connectivity index (χ3n) is 3.45. The molecular weight excluding hydrogens is 268 g/mol. The molecular formula is C16H24N2O3. The highest BCUT2D eigenvalue weighted by molar-refractivity contribution is 5.94. The largest absolute Gasteiger partial charge is 0.383 e. The van der Waals surface area contributed by atoms with Gasteiger partial charge in [-0.25, -0.2) is 0 Å². The Balaban J connectivity index is 2.48. The maximum absolute atomic E-state index is 12.0. The number of hydrogen-bond acceptors (Lipinski definition) is 3. The number of carbonyl (C=O) groups is 2. The lowest BCUT2D eigenvalue weighted by atomic mass is 10.1. The first-order valence-electron chi connectivity index (χ1n) is 7.05. The zero-order chi connectivity index (χ0) is 15.8. The lowest BCUT2D eigenvalue weighted by Gasteiger charge is -2.20. The summed E-state index contributed by atoms with van der Waals surface area (Å²) in [5.41, 5.74) is 2.89. The number of ether oxygens (including phenoxy) is 1. The van der Waals surface area contributed by atoms with Gasteiger partial charge in [0.1, 0.15) is 0 Å². The number of nitrogens with one attached hydrogen (secondary N) is 1. The number of benzene rings is 1. The van der Waals surface area contributed by atoms with E-state index >= 15 is 0 Å². The fourth-order valence-corrected chi connectivity index (χ4v) is 1.92. The SMILES string of the molecule is COCCN(CCNC(=O)c1ccc(C)c(C)c1)C(C)=O. The summed E-state index contributed by atoms with van der Waals surface area (Å²) in [6.45, 7) is 7.44.